The van der Waals surface area contributed by atoms with E-state index in [1.165, 1.54) is 25.7 Å². The van der Waals surface area contributed by atoms with Crippen LogP contribution in [0.25, 0.3) is 0 Å². The summed E-state index contributed by atoms with van der Waals surface area (Å²) >= 11 is 0. The summed E-state index contributed by atoms with van der Waals surface area (Å²) in [6.07, 6.45) is 8.09. The summed E-state index contributed by atoms with van der Waals surface area (Å²) in [7, 11) is 0. The van der Waals surface area contributed by atoms with Gasteiger partial charge in [0.25, 0.3) is 0 Å². The van der Waals surface area contributed by atoms with Crippen molar-refractivity contribution in [1.29, 1.82) is 0 Å². The zero-order chi connectivity index (χ0) is 13.3. The van der Waals surface area contributed by atoms with Crippen molar-refractivity contribution in [3.8, 4) is 0 Å². The number of rotatable bonds is 9. The molecule has 0 amide bonds. The van der Waals surface area contributed by atoms with Gasteiger partial charge in [-0.25, -0.2) is 0 Å². The van der Waals surface area contributed by atoms with Crippen molar-refractivity contribution in [3.05, 3.63) is 0 Å². The van der Waals surface area contributed by atoms with Crippen LogP contribution >= 0.6 is 0 Å². The molecule has 0 aromatic heterocycles. The predicted octanol–water partition coefficient (Wildman–Crippen LogP) is 3.78. The maximum Gasteiger partial charge on any atom is 0.229 e. The molecule has 1 fully saturated rings. The zero-order valence-electron chi connectivity index (χ0n) is 12.5. The van der Waals surface area contributed by atoms with Gasteiger partial charge in [-0.05, 0) is 32.1 Å². The van der Waals surface area contributed by atoms with Gasteiger partial charge >= 0.3 is 0 Å². The molecule has 18 heavy (non-hydrogen) atoms. The van der Waals surface area contributed by atoms with Gasteiger partial charge in [-0.15, -0.1) is 0 Å². The molecule has 1 aliphatic heterocycles. The number of ether oxygens (including phenoxy) is 2. The molecule has 0 radical (unpaired) electrons. The number of hydrogen-bond acceptors (Lipinski definition) is 3. The van der Waals surface area contributed by atoms with Gasteiger partial charge in [0.15, 0.2) is 0 Å². The van der Waals surface area contributed by atoms with Crippen LogP contribution in [-0.4, -0.2) is 37.1 Å². The number of likely N-dealkylation sites (tertiary alicyclic amines) is 1. The van der Waals surface area contributed by atoms with Crippen LogP contribution in [0.5, 0.6) is 0 Å². The Morgan fingerprint density at radius 1 is 0.944 bits per heavy atom. The summed E-state index contributed by atoms with van der Waals surface area (Å²) in [6.45, 7) is 10.4. The monoisotopic (exact) mass is 257 g/mol. The minimum atomic E-state index is -0.417. The van der Waals surface area contributed by atoms with E-state index in [0.717, 1.165) is 45.6 Å². The second kappa shape index (κ2) is 8.89. The lowest BCUT2D eigenvalue weighted by atomic mass is 10.1. The van der Waals surface area contributed by atoms with Gasteiger partial charge in [-0.1, -0.05) is 27.2 Å². The summed E-state index contributed by atoms with van der Waals surface area (Å²) in [5.74, 6) is -0.417. The first-order chi connectivity index (χ1) is 8.79. The lowest BCUT2D eigenvalue weighted by Crippen LogP contribution is -2.56. The van der Waals surface area contributed by atoms with Crippen LogP contribution < -0.4 is 0 Å². The van der Waals surface area contributed by atoms with Gasteiger partial charge in [0, 0.05) is 19.5 Å². The Kier molecular flexibility index (Phi) is 7.87. The minimum Gasteiger partial charge on any atom is -0.337 e. The molecule has 0 N–H and O–H groups in total. The zero-order valence-corrected chi connectivity index (χ0v) is 12.5. The summed E-state index contributed by atoms with van der Waals surface area (Å²) in [4.78, 5) is 2.44. The summed E-state index contributed by atoms with van der Waals surface area (Å²) in [6, 6.07) is 0. The maximum atomic E-state index is 6.14. The molecule has 0 aromatic carbocycles. The Morgan fingerprint density at radius 3 is 2.17 bits per heavy atom. The van der Waals surface area contributed by atoms with E-state index >= 15 is 0 Å². The molecule has 1 saturated heterocycles. The van der Waals surface area contributed by atoms with Gasteiger partial charge in [-0.2, -0.15) is 0 Å². The minimum absolute atomic E-state index is 0.417. The molecule has 1 rings (SSSR count). The molecule has 0 unspecified atom stereocenters. The summed E-state index contributed by atoms with van der Waals surface area (Å²) < 4.78 is 12.3. The first kappa shape index (κ1) is 15.9. The fourth-order valence-electron chi connectivity index (χ4n) is 2.50. The average molecular weight is 257 g/mol. The number of hydrogen-bond donors (Lipinski definition) is 0. The third-order valence-corrected chi connectivity index (χ3v) is 3.50. The Hall–Kier alpha value is -0.120. The Bertz CT molecular complexity index is 201. The van der Waals surface area contributed by atoms with E-state index in [0.29, 0.717) is 0 Å². The van der Waals surface area contributed by atoms with Crippen molar-refractivity contribution in [2.75, 3.05) is 26.3 Å². The van der Waals surface area contributed by atoms with Crippen LogP contribution in [0, 0.1) is 0 Å². The molecule has 0 spiro atoms. The van der Waals surface area contributed by atoms with Gasteiger partial charge in [0.1, 0.15) is 0 Å². The highest BCUT2D eigenvalue weighted by atomic mass is 16.7. The molecule has 0 atom stereocenters. The van der Waals surface area contributed by atoms with Gasteiger partial charge in [-0.3, -0.25) is 4.90 Å². The topological polar surface area (TPSA) is 21.7 Å². The van der Waals surface area contributed by atoms with Gasteiger partial charge < -0.3 is 9.47 Å². The fourth-order valence-corrected chi connectivity index (χ4v) is 2.50. The largest absolute Gasteiger partial charge is 0.337 e. The van der Waals surface area contributed by atoms with Crippen molar-refractivity contribution in [2.24, 2.45) is 0 Å². The lowest BCUT2D eigenvalue weighted by molar-refractivity contribution is -0.330. The van der Waals surface area contributed by atoms with E-state index < -0.39 is 5.91 Å². The van der Waals surface area contributed by atoms with Crippen LogP contribution in [0.15, 0.2) is 0 Å². The van der Waals surface area contributed by atoms with Crippen LogP contribution in [0.1, 0.15) is 65.7 Å². The van der Waals surface area contributed by atoms with Crippen LogP contribution in [0.4, 0.5) is 0 Å². The van der Waals surface area contributed by atoms with E-state index in [-0.39, 0.29) is 0 Å². The number of unbranched alkanes of at least 4 members (excludes halogenated alkanes) is 1. The first-order valence-electron chi connectivity index (χ1n) is 7.82. The molecule has 108 valence electrons. The second-order valence-corrected chi connectivity index (χ2v) is 5.21. The van der Waals surface area contributed by atoms with Gasteiger partial charge in [0.05, 0.1) is 13.2 Å². The molecule has 3 nitrogen and oxygen atoms in total. The average Bonchev–Trinajstić information content (AvgIpc) is 2.42. The van der Waals surface area contributed by atoms with E-state index in [2.05, 4.69) is 25.7 Å². The highest BCUT2D eigenvalue weighted by molar-refractivity contribution is 4.78. The van der Waals surface area contributed by atoms with Crippen molar-refractivity contribution in [2.45, 2.75) is 71.6 Å². The van der Waals surface area contributed by atoms with Crippen molar-refractivity contribution in [3.63, 3.8) is 0 Å². The van der Waals surface area contributed by atoms with E-state index in [1.54, 1.807) is 0 Å². The van der Waals surface area contributed by atoms with Gasteiger partial charge in [0.2, 0.25) is 5.91 Å². The Labute approximate surface area is 113 Å². The standard InChI is InChI=1S/C15H31NO2/c1-4-7-11-16-12-9-8-10-15(16,17-13-5-2)18-14-6-3/h4-14H2,1-3H3. The van der Waals surface area contributed by atoms with Crippen LogP contribution in [-0.2, 0) is 9.47 Å². The predicted molar refractivity (Wildman–Crippen MR) is 75.5 cm³/mol. The first-order valence-corrected chi connectivity index (χ1v) is 7.82. The summed E-state index contributed by atoms with van der Waals surface area (Å²) in [5, 5.41) is 0. The molecular formula is C15H31NO2. The molecule has 1 aliphatic rings. The van der Waals surface area contributed by atoms with Crippen molar-refractivity contribution in [1.82, 2.24) is 4.90 Å². The molecule has 0 aliphatic carbocycles. The molecular weight excluding hydrogens is 226 g/mol. The molecule has 0 aromatic rings. The normalized spacial score (nSPS) is 20.2. The lowest BCUT2D eigenvalue weighted by Gasteiger charge is -2.46. The van der Waals surface area contributed by atoms with E-state index in [4.69, 9.17) is 9.47 Å². The number of piperidine rings is 1. The molecule has 0 bridgehead atoms. The third kappa shape index (κ3) is 4.52. The SMILES string of the molecule is CCCCN1CCCCC1(OCCC)OCCC. The molecule has 3 heteroatoms. The smallest absolute Gasteiger partial charge is 0.229 e. The van der Waals surface area contributed by atoms with Crippen LogP contribution in [0.2, 0.25) is 0 Å². The second-order valence-electron chi connectivity index (χ2n) is 5.21. The molecule has 0 saturated carbocycles. The Balaban J connectivity index is 2.65. The maximum absolute atomic E-state index is 6.14. The van der Waals surface area contributed by atoms with Crippen molar-refractivity contribution < 1.29 is 9.47 Å². The van der Waals surface area contributed by atoms with Crippen molar-refractivity contribution >= 4 is 0 Å². The quantitative estimate of drug-likeness (QED) is 0.587. The molecule has 1 heterocycles. The summed E-state index contributed by atoms with van der Waals surface area (Å²) in [5.41, 5.74) is 0. The highest BCUT2D eigenvalue weighted by Gasteiger charge is 2.40. The third-order valence-electron chi connectivity index (χ3n) is 3.50. The van der Waals surface area contributed by atoms with Crippen LogP contribution in [0.3, 0.4) is 0 Å². The number of nitrogens with zero attached hydrogens (tertiary/aromatic N) is 1. The van der Waals surface area contributed by atoms with E-state index in [1.807, 2.05) is 0 Å². The van der Waals surface area contributed by atoms with E-state index in [9.17, 15) is 0 Å². The highest BCUT2D eigenvalue weighted by Crippen LogP contribution is 2.31. The Morgan fingerprint density at radius 2 is 1.61 bits per heavy atom. The fraction of sp³-hybridized carbons (Fsp3) is 1.00.